The van der Waals surface area contributed by atoms with E-state index in [1.165, 1.54) is 19.3 Å². The molecule has 5 amide bonds. The number of hydrogen-bond acceptors (Lipinski definition) is 9. The van der Waals surface area contributed by atoms with Crippen molar-refractivity contribution in [3.05, 3.63) is 56.5 Å². The first-order valence-corrected chi connectivity index (χ1v) is 22.1. The Labute approximate surface area is 359 Å². The summed E-state index contributed by atoms with van der Waals surface area (Å²) in [6.07, 6.45) is 6.47. The molecule has 16 heteroatoms. The van der Waals surface area contributed by atoms with Crippen LogP contribution in [0.25, 0.3) is 0 Å². The lowest BCUT2D eigenvalue weighted by atomic mass is 9.98. The van der Waals surface area contributed by atoms with Gasteiger partial charge in [0.2, 0.25) is 11.8 Å². The van der Waals surface area contributed by atoms with Crippen LogP contribution in [-0.2, 0) is 20.7 Å². The van der Waals surface area contributed by atoms with Crippen molar-refractivity contribution in [2.45, 2.75) is 102 Å². The predicted octanol–water partition coefficient (Wildman–Crippen LogP) is 5.89. The van der Waals surface area contributed by atoms with Gasteiger partial charge in [-0.2, -0.15) is 5.26 Å². The second-order valence-electron chi connectivity index (χ2n) is 16.4. The van der Waals surface area contributed by atoms with Crippen LogP contribution in [0.15, 0.2) is 45.3 Å². The van der Waals surface area contributed by atoms with Crippen LogP contribution in [-0.4, -0.2) is 126 Å². The van der Waals surface area contributed by atoms with Crippen LogP contribution in [0.1, 0.15) is 83.3 Å². The first-order valence-electron chi connectivity index (χ1n) is 20.5. The van der Waals surface area contributed by atoms with Crippen LogP contribution in [0.2, 0.25) is 0 Å². The topological polar surface area (TPSA) is 171 Å². The minimum absolute atomic E-state index is 0.0144. The normalized spacial score (nSPS) is 17.8. The number of carbonyl (C=O) groups excluding carboxylic acids is 4. The molecule has 5 rings (SSSR count). The number of likely N-dealkylation sites (tertiary alicyclic amines) is 2. The first-order chi connectivity index (χ1) is 27.7. The molecule has 0 saturated carbocycles. The average molecular weight is 931 g/mol. The lowest BCUT2D eigenvalue weighted by Gasteiger charge is -2.41. The van der Waals surface area contributed by atoms with Gasteiger partial charge in [-0.25, -0.2) is 9.59 Å². The quantitative estimate of drug-likeness (QED) is 0.179. The fraction of sp³-hybridized carbons (Fsp3) is 0.595. The summed E-state index contributed by atoms with van der Waals surface area (Å²) in [5.41, 5.74) is 1.44. The molecule has 2 atom stereocenters. The monoisotopic (exact) mass is 928 g/mol. The number of carbonyl (C=O) groups is 4. The number of alkyl carbamates (subject to hydrolysis) is 1. The number of nitrogens with one attached hydrogen (secondary N) is 3. The van der Waals surface area contributed by atoms with Crippen molar-refractivity contribution in [2.24, 2.45) is 0 Å². The molecule has 0 aliphatic carbocycles. The van der Waals surface area contributed by atoms with Gasteiger partial charge in [0.15, 0.2) is 0 Å². The maximum absolute atomic E-state index is 14.4. The van der Waals surface area contributed by atoms with E-state index >= 15 is 0 Å². The number of phenols is 1. The number of urea groups is 1. The Balaban J connectivity index is 1.28. The summed E-state index contributed by atoms with van der Waals surface area (Å²) in [6, 6.07) is 11.1. The first kappa shape index (κ1) is 45.0. The molecule has 3 aliphatic rings. The molecular formula is C42H58Br2N8O6. The van der Waals surface area contributed by atoms with Gasteiger partial charge in [-0.05, 0) is 140 Å². The van der Waals surface area contributed by atoms with E-state index in [9.17, 15) is 29.5 Å². The summed E-state index contributed by atoms with van der Waals surface area (Å²) in [4.78, 5) is 62.9. The molecule has 3 heterocycles. The van der Waals surface area contributed by atoms with Gasteiger partial charge in [0, 0.05) is 58.3 Å². The zero-order valence-electron chi connectivity index (χ0n) is 33.9. The van der Waals surface area contributed by atoms with Gasteiger partial charge in [0.1, 0.15) is 29.5 Å². The molecule has 2 aromatic carbocycles. The number of ether oxygens (including phenoxy) is 1. The van der Waals surface area contributed by atoms with Gasteiger partial charge in [-0.1, -0.05) is 18.6 Å². The Bertz CT molecular complexity index is 1760. The Kier molecular flexibility index (Phi) is 16.5. The van der Waals surface area contributed by atoms with Crippen LogP contribution < -0.4 is 20.9 Å². The Morgan fingerprint density at radius 1 is 0.879 bits per heavy atom. The molecule has 3 saturated heterocycles. The van der Waals surface area contributed by atoms with E-state index in [4.69, 9.17) is 4.74 Å². The number of nitriles is 1. The van der Waals surface area contributed by atoms with Crippen molar-refractivity contribution in [1.82, 2.24) is 30.7 Å². The molecule has 2 aromatic rings. The van der Waals surface area contributed by atoms with Crippen LogP contribution in [0.5, 0.6) is 5.75 Å². The van der Waals surface area contributed by atoms with Gasteiger partial charge in [0.25, 0.3) is 0 Å². The molecule has 0 unspecified atom stereocenters. The third-order valence-electron chi connectivity index (χ3n) is 10.9. The van der Waals surface area contributed by atoms with Crippen molar-refractivity contribution >= 4 is 61.5 Å². The number of halogens is 2. The maximum atomic E-state index is 14.4. The average Bonchev–Trinajstić information content (AvgIpc) is 3.21. The van der Waals surface area contributed by atoms with E-state index in [0.29, 0.717) is 91.2 Å². The van der Waals surface area contributed by atoms with E-state index in [0.717, 1.165) is 31.6 Å². The number of aromatic hydroxyl groups is 1. The molecule has 0 spiro atoms. The fourth-order valence-electron chi connectivity index (χ4n) is 7.88. The van der Waals surface area contributed by atoms with Crippen molar-refractivity contribution in [3.8, 4) is 11.8 Å². The summed E-state index contributed by atoms with van der Waals surface area (Å²) in [7, 11) is 0. The lowest BCUT2D eigenvalue weighted by Crippen LogP contribution is -2.59. The summed E-state index contributed by atoms with van der Waals surface area (Å²) < 4.78 is 6.21. The highest BCUT2D eigenvalue weighted by Crippen LogP contribution is 2.34. The summed E-state index contributed by atoms with van der Waals surface area (Å²) in [6.45, 7) is 10.9. The molecule has 4 N–H and O–H groups in total. The fourth-order valence-corrected chi connectivity index (χ4v) is 9.16. The molecule has 58 heavy (non-hydrogen) atoms. The number of amides is 5. The number of unbranched alkanes of at least 4 members (excludes halogenated alkanes) is 1. The summed E-state index contributed by atoms with van der Waals surface area (Å²) >= 11 is 6.76. The second kappa shape index (κ2) is 21.3. The molecule has 0 aromatic heterocycles. The van der Waals surface area contributed by atoms with Gasteiger partial charge < -0.3 is 45.4 Å². The number of para-hydroxylation sites is 1. The third kappa shape index (κ3) is 13.0. The molecule has 3 fully saturated rings. The summed E-state index contributed by atoms with van der Waals surface area (Å²) in [5, 5.41) is 28.7. The van der Waals surface area contributed by atoms with E-state index in [-0.39, 0.29) is 18.1 Å². The van der Waals surface area contributed by atoms with Crippen molar-refractivity contribution in [2.75, 3.05) is 63.8 Å². The number of phenolic OH excluding ortho intramolecular Hbond substituents is 1. The second-order valence-corrected chi connectivity index (χ2v) is 18.1. The molecule has 3 aliphatic heterocycles. The van der Waals surface area contributed by atoms with E-state index in [1.54, 1.807) is 43.9 Å². The highest BCUT2D eigenvalue weighted by atomic mass is 79.9. The van der Waals surface area contributed by atoms with Gasteiger partial charge >= 0.3 is 12.1 Å². The minimum atomic E-state index is -1.05. The Hall–Kier alpha value is -4.07. The number of anilines is 1. The number of piperazine rings is 1. The SMILES string of the molecule is CC(C)(C)OC(=O)NCCCC[C@H](NC(=O)[C@H](Cc1cc(Br)c(O)c(Br)c1)NC(=O)N1CCN(c2ccccc2C#N)CC1)C(=O)N1CCC(N2CCCCC2)CC1. The summed E-state index contributed by atoms with van der Waals surface area (Å²) in [5.74, 6) is -0.635. The van der Waals surface area contributed by atoms with Crippen molar-refractivity contribution in [1.29, 1.82) is 5.26 Å². The van der Waals surface area contributed by atoms with E-state index in [2.05, 4.69) is 63.7 Å². The van der Waals surface area contributed by atoms with Crippen LogP contribution in [0.4, 0.5) is 15.3 Å². The highest BCUT2D eigenvalue weighted by Gasteiger charge is 2.34. The largest absolute Gasteiger partial charge is 0.506 e. The van der Waals surface area contributed by atoms with E-state index < -0.39 is 35.7 Å². The number of hydrogen-bond donors (Lipinski definition) is 4. The Morgan fingerprint density at radius 2 is 1.53 bits per heavy atom. The Morgan fingerprint density at radius 3 is 2.17 bits per heavy atom. The zero-order chi connectivity index (χ0) is 41.8. The van der Waals surface area contributed by atoms with Gasteiger partial charge in [-0.15, -0.1) is 0 Å². The van der Waals surface area contributed by atoms with Gasteiger partial charge in [0.05, 0.1) is 20.2 Å². The number of benzene rings is 2. The lowest BCUT2D eigenvalue weighted by molar-refractivity contribution is -0.138. The predicted molar refractivity (Wildman–Crippen MR) is 230 cm³/mol. The molecule has 316 valence electrons. The molecule has 0 bridgehead atoms. The van der Waals surface area contributed by atoms with Crippen molar-refractivity contribution < 1.29 is 29.0 Å². The third-order valence-corrected chi connectivity index (χ3v) is 12.2. The van der Waals surface area contributed by atoms with Crippen molar-refractivity contribution in [3.63, 3.8) is 0 Å². The molecule has 0 radical (unpaired) electrons. The maximum Gasteiger partial charge on any atom is 0.407 e. The van der Waals surface area contributed by atoms with Crippen LogP contribution >= 0.6 is 31.9 Å². The number of rotatable bonds is 13. The molecular weight excluding hydrogens is 872 g/mol. The number of piperidine rings is 2. The number of nitrogens with zero attached hydrogens (tertiary/aromatic N) is 5. The standard InChI is InChI=1S/C42H58Br2N8O6/c1-42(2,3)58-41(57)46-16-8-7-12-34(39(55)51-19-14-31(15-20-51)49-17-9-4-10-18-49)47-38(54)35(27-29-25-32(43)37(53)33(44)26-29)48-40(56)52-23-21-50(22-24-52)36-13-6-5-11-30(36)28-45/h5-6,11,13,25-26,31,34-35,53H,4,7-10,12,14-24,27H2,1-3H3,(H,46,57)(H,47,54)(H,48,56)/t34-,35-/m0/s1. The zero-order valence-corrected chi connectivity index (χ0v) is 37.1. The van der Waals surface area contributed by atoms with Crippen LogP contribution in [0, 0.1) is 11.3 Å². The van der Waals surface area contributed by atoms with E-state index in [1.807, 2.05) is 23.1 Å². The van der Waals surface area contributed by atoms with Gasteiger partial charge in [-0.3, -0.25) is 9.59 Å². The smallest absolute Gasteiger partial charge is 0.407 e. The highest BCUT2D eigenvalue weighted by molar-refractivity contribution is 9.11. The molecule has 14 nitrogen and oxygen atoms in total. The van der Waals surface area contributed by atoms with Crippen LogP contribution in [0.3, 0.4) is 0 Å². The minimum Gasteiger partial charge on any atom is -0.506 e.